The van der Waals surface area contributed by atoms with Crippen LogP contribution in [0.1, 0.15) is 24.6 Å². The summed E-state index contributed by atoms with van der Waals surface area (Å²) in [4.78, 5) is 11.4. The smallest absolute Gasteiger partial charge is 0.224 e. The highest BCUT2D eigenvalue weighted by Crippen LogP contribution is 2.05. The Bertz CT molecular complexity index is 334. The summed E-state index contributed by atoms with van der Waals surface area (Å²) in [6, 6.07) is 0. The van der Waals surface area contributed by atoms with Crippen molar-refractivity contribution in [1.82, 2.24) is 15.5 Å². The highest BCUT2D eigenvalue weighted by Gasteiger charge is 2.09. The van der Waals surface area contributed by atoms with Crippen molar-refractivity contribution >= 4 is 5.91 Å². The van der Waals surface area contributed by atoms with Crippen LogP contribution in [0.5, 0.6) is 0 Å². The molecule has 1 aromatic rings. The maximum absolute atomic E-state index is 11.4. The van der Waals surface area contributed by atoms with Crippen LogP contribution in [0.4, 0.5) is 0 Å². The molecule has 5 heteroatoms. The van der Waals surface area contributed by atoms with Gasteiger partial charge in [0.25, 0.3) is 0 Å². The molecule has 1 rings (SSSR count). The molecule has 0 saturated heterocycles. The molecule has 16 heavy (non-hydrogen) atoms. The Hall–Kier alpha value is -1.36. The Morgan fingerprint density at radius 2 is 2.44 bits per heavy atom. The lowest BCUT2D eigenvalue weighted by Gasteiger charge is -2.09. The molecule has 0 fully saturated rings. The predicted octanol–water partition coefficient (Wildman–Crippen LogP) is 0.362. The lowest BCUT2D eigenvalue weighted by atomic mass is 10.1. The van der Waals surface area contributed by atoms with Crippen LogP contribution in [0.3, 0.4) is 0 Å². The fraction of sp³-hybridized carbons (Fsp3) is 0.636. The normalized spacial score (nSPS) is 12.4. The van der Waals surface area contributed by atoms with Crippen molar-refractivity contribution in [3.05, 3.63) is 17.5 Å². The minimum atomic E-state index is -0.101. The third-order valence-electron chi connectivity index (χ3n) is 2.66. The lowest BCUT2D eigenvalue weighted by molar-refractivity contribution is -0.124. The van der Waals surface area contributed by atoms with Crippen LogP contribution in [-0.4, -0.2) is 29.2 Å². The van der Waals surface area contributed by atoms with Crippen LogP contribution >= 0.6 is 0 Å². The summed E-state index contributed by atoms with van der Waals surface area (Å²) in [6.07, 6.45) is 3.68. The predicted molar refractivity (Wildman–Crippen MR) is 62.9 cm³/mol. The monoisotopic (exact) mass is 224 g/mol. The third-order valence-corrected chi connectivity index (χ3v) is 2.66. The minimum Gasteiger partial charge on any atom is -0.356 e. The van der Waals surface area contributed by atoms with Crippen molar-refractivity contribution in [2.45, 2.75) is 26.7 Å². The van der Waals surface area contributed by atoms with Gasteiger partial charge in [-0.25, -0.2) is 0 Å². The van der Waals surface area contributed by atoms with Crippen molar-refractivity contribution in [1.29, 1.82) is 0 Å². The number of hydrogen-bond acceptors (Lipinski definition) is 3. The largest absolute Gasteiger partial charge is 0.356 e. The molecule has 4 N–H and O–H groups in total. The summed E-state index contributed by atoms with van der Waals surface area (Å²) in [5.74, 6) is -0.0675. The molecule has 0 aliphatic rings. The van der Waals surface area contributed by atoms with Gasteiger partial charge in [-0.1, -0.05) is 6.92 Å². The first-order valence-electron chi connectivity index (χ1n) is 5.61. The summed E-state index contributed by atoms with van der Waals surface area (Å²) in [6.45, 7) is 4.91. The number of hydrogen-bond donors (Lipinski definition) is 3. The number of nitrogens with one attached hydrogen (secondary N) is 2. The van der Waals surface area contributed by atoms with Crippen LogP contribution in [0.25, 0.3) is 0 Å². The zero-order chi connectivity index (χ0) is 12.0. The van der Waals surface area contributed by atoms with Crippen molar-refractivity contribution in [3.63, 3.8) is 0 Å². The molecular formula is C11H20N4O. The summed E-state index contributed by atoms with van der Waals surface area (Å²) < 4.78 is 0. The lowest BCUT2D eigenvalue weighted by Crippen LogP contribution is -2.33. The number of nitrogens with zero attached hydrogens (tertiary/aromatic N) is 1. The number of rotatable bonds is 6. The fourth-order valence-electron chi connectivity index (χ4n) is 1.40. The number of nitrogens with two attached hydrogens (primary N) is 1. The van der Waals surface area contributed by atoms with Gasteiger partial charge in [-0.15, -0.1) is 0 Å². The van der Waals surface area contributed by atoms with E-state index in [2.05, 4.69) is 15.5 Å². The second-order valence-electron chi connectivity index (χ2n) is 4.05. The first-order chi connectivity index (χ1) is 7.65. The molecule has 0 spiro atoms. The van der Waals surface area contributed by atoms with Crippen molar-refractivity contribution < 1.29 is 4.79 Å². The van der Waals surface area contributed by atoms with Crippen LogP contribution in [0.15, 0.2) is 6.20 Å². The molecule has 0 saturated carbocycles. The highest BCUT2D eigenvalue weighted by atomic mass is 16.1. The van der Waals surface area contributed by atoms with Gasteiger partial charge >= 0.3 is 0 Å². The number of carbonyl (C=O) groups excluding carboxylic acids is 1. The molecule has 1 aromatic heterocycles. The maximum atomic E-state index is 11.4. The number of H-pyrrole nitrogens is 1. The van der Waals surface area contributed by atoms with E-state index < -0.39 is 0 Å². The topological polar surface area (TPSA) is 83.8 Å². The van der Waals surface area contributed by atoms with E-state index in [1.54, 1.807) is 0 Å². The summed E-state index contributed by atoms with van der Waals surface area (Å²) in [5.41, 5.74) is 7.71. The molecule has 1 atom stereocenters. The van der Waals surface area contributed by atoms with Crippen LogP contribution in [0, 0.1) is 12.8 Å². The summed E-state index contributed by atoms with van der Waals surface area (Å²) in [5, 5.41) is 9.71. The number of aromatic amines is 1. The van der Waals surface area contributed by atoms with Gasteiger partial charge in [0.2, 0.25) is 5.91 Å². The first-order valence-corrected chi connectivity index (χ1v) is 5.61. The molecule has 0 aliphatic carbocycles. The average molecular weight is 224 g/mol. The molecule has 1 amide bonds. The number of carbonyl (C=O) groups is 1. The molecule has 0 aromatic carbocycles. The fourth-order valence-corrected chi connectivity index (χ4v) is 1.40. The molecule has 0 aliphatic heterocycles. The van der Waals surface area contributed by atoms with Gasteiger partial charge in [0, 0.05) is 24.7 Å². The number of amides is 1. The van der Waals surface area contributed by atoms with Gasteiger partial charge in [0.1, 0.15) is 0 Å². The quantitative estimate of drug-likeness (QED) is 0.610. The van der Waals surface area contributed by atoms with Gasteiger partial charge in [-0.2, -0.15) is 5.10 Å². The van der Waals surface area contributed by atoms with E-state index in [9.17, 15) is 4.79 Å². The molecular weight excluding hydrogens is 204 g/mol. The Balaban J connectivity index is 2.17. The second-order valence-corrected chi connectivity index (χ2v) is 4.05. The van der Waals surface area contributed by atoms with E-state index >= 15 is 0 Å². The molecule has 1 heterocycles. The van der Waals surface area contributed by atoms with Gasteiger partial charge in [-0.05, 0) is 25.3 Å². The molecule has 0 bridgehead atoms. The van der Waals surface area contributed by atoms with Gasteiger partial charge < -0.3 is 11.1 Å². The minimum absolute atomic E-state index is 0.0337. The van der Waals surface area contributed by atoms with Crippen molar-refractivity contribution in [3.8, 4) is 0 Å². The van der Waals surface area contributed by atoms with E-state index in [0.29, 0.717) is 13.1 Å². The molecule has 0 unspecified atom stereocenters. The van der Waals surface area contributed by atoms with E-state index in [-0.39, 0.29) is 11.8 Å². The Kier molecular flexibility index (Phi) is 4.98. The Morgan fingerprint density at radius 1 is 1.69 bits per heavy atom. The van der Waals surface area contributed by atoms with Gasteiger partial charge in [0.05, 0.1) is 6.20 Å². The third kappa shape index (κ3) is 3.66. The van der Waals surface area contributed by atoms with E-state index in [4.69, 9.17) is 5.73 Å². The van der Waals surface area contributed by atoms with Crippen LogP contribution < -0.4 is 11.1 Å². The van der Waals surface area contributed by atoms with E-state index in [1.807, 2.05) is 20.0 Å². The Labute approximate surface area is 95.8 Å². The standard InChI is InChI=1S/C11H20N4O/c1-8(6-12)11(16)13-5-3-4-10-7-14-15-9(10)2/h7-8H,3-6,12H2,1-2H3,(H,13,16)(H,14,15)/t8-/m1/s1. The Morgan fingerprint density at radius 3 is 3.00 bits per heavy atom. The van der Waals surface area contributed by atoms with E-state index in [1.165, 1.54) is 5.56 Å². The van der Waals surface area contributed by atoms with Crippen molar-refractivity contribution in [2.75, 3.05) is 13.1 Å². The molecule has 5 nitrogen and oxygen atoms in total. The second kappa shape index (κ2) is 6.27. The number of aromatic nitrogens is 2. The zero-order valence-corrected chi connectivity index (χ0v) is 9.92. The molecule has 90 valence electrons. The van der Waals surface area contributed by atoms with Crippen LogP contribution in [0.2, 0.25) is 0 Å². The number of aryl methyl sites for hydroxylation is 2. The maximum Gasteiger partial charge on any atom is 0.224 e. The summed E-state index contributed by atoms with van der Waals surface area (Å²) in [7, 11) is 0. The van der Waals surface area contributed by atoms with Gasteiger partial charge in [0.15, 0.2) is 0 Å². The SMILES string of the molecule is Cc1[nH]ncc1CCCNC(=O)[C@H](C)CN. The van der Waals surface area contributed by atoms with Gasteiger partial charge in [-0.3, -0.25) is 9.89 Å². The molecule has 0 radical (unpaired) electrons. The van der Waals surface area contributed by atoms with E-state index in [0.717, 1.165) is 18.5 Å². The van der Waals surface area contributed by atoms with Crippen molar-refractivity contribution in [2.24, 2.45) is 11.7 Å². The zero-order valence-electron chi connectivity index (χ0n) is 9.92. The average Bonchev–Trinajstić information content (AvgIpc) is 2.69. The first kappa shape index (κ1) is 12.7. The summed E-state index contributed by atoms with van der Waals surface area (Å²) >= 11 is 0. The highest BCUT2D eigenvalue weighted by molar-refractivity contribution is 5.78. The van der Waals surface area contributed by atoms with Crippen LogP contribution in [-0.2, 0) is 11.2 Å².